The number of nitrogens with one attached hydrogen (secondary N) is 1. The molecule has 2 atom stereocenters. The van der Waals surface area contributed by atoms with E-state index in [1.54, 1.807) is 11.9 Å². The van der Waals surface area contributed by atoms with Crippen LogP contribution in [-0.2, 0) is 9.59 Å². The van der Waals surface area contributed by atoms with Crippen molar-refractivity contribution < 1.29 is 9.59 Å². The molecule has 1 aliphatic heterocycles. The molecule has 2 amide bonds. The first-order valence-electron chi connectivity index (χ1n) is 7.20. The number of likely N-dealkylation sites (N-methyl/N-ethyl adjacent to an activating group) is 1. The van der Waals surface area contributed by atoms with Crippen LogP contribution in [0, 0.1) is 11.8 Å². The van der Waals surface area contributed by atoms with Crippen molar-refractivity contribution in [1.29, 1.82) is 0 Å². The highest BCUT2D eigenvalue weighted by Crippen LogP contribution is 2.22. The minimum absolute atomic E-state index is 0.0565. The van der Waals surface area contributed by atoms with Gasteiger partial charge in [-0.15, -0.1) is 0 Å². The van der Waals surface area contributed by atoms with Crippen LogP contribution < -0.4 is 11.1 Å². The molecule has 1 aliphatic rings. The molecular formula is C14H27N3O2. The van der Waals surface area contributed by atoms with Crippen molar-refractivity contribution in [2.45, 2.75) is 45.6 Å². The number of hydrogen-bond acceptors (Lipinski definition) is 3. The van der Waals surface area contributed by atoms with Gasteiger partial charge >= 0.3 is 0 Å². The van der Waals surface area contributed by atoms with E-state index in [1.807, 2.05) is 0 Å². The maximum atomic E-state index is 12.3. The quantitative estimate of drug-likeness (QED) is 0.746. The highest BCUT2D eigenvalue weighted by atomic mass is 16.2. The first-order valence-corrected chi connectivity index (χ1v) is 7.20. The van der Waals surface area contributed by atoms with Gasteiger partial charge in [0.1, 0.15) is 6.04 Å². The lowest BCUT2D eigenvalue weighted by Gasteiger charge is -2.26. The summed E-state index contributed by atoms with van der Waals surface area (Å²) in [5.41, 5.74) is 5.74. The molecular weight excluding hydrogens is 242 g/mol. The third-order valence-corrected chi connectivity index (χ3v) is 3.72. The topological polar surface area (TPSA) is 75.4 Å². The molecule has 0 aromatic heterocycles. The standard InChI is InChI=1S/C14H27N3O2/c1-10(2)7-11(9-15)8-13(18)17-6-4-5-12(17)14(19)16-3/h10-12H,4-9,15H2,1-3H3,(H,16,19). The second-order valence-corrected chi connectivity index (χ2v) is 5.79. The number of likely N-dealkylation sites (tertiary alicyclic amines) is 1. The zero-order valence-electron chi connectivity index (χ0n) is 12.3. The van der Waals surface area contributed by atoms with E-state index in [0.29, 0.717) is 25.4 Å². The lowest BCUT2D eigenvalue weighted by molar-refractivity contribution is -0.139. The minimum atomic E-state index is -0.282. The largest absolute Gasteiger partial charge is 0.357 e. The summed E-state index contributed by atoms with van der Waals surface area (Å²) in [6, 6.07) is -0.282. The zero-order chi connectivity index (χ0) is 14.4. The number of carbonyl (C=O) groups excluding carboxylic acids is 2. The summed E-state index contributed by atoms with van der Waals surface area (Å²) in [4.78, 5) is 25.8. The first kappa shape index (κ1) is 16.0. The number of amides is 2. The fraction of sp³-hybridized carbons (Fsp3) is 0.857. The van der Waals surface area contributed by atoms with Crippen molar-refractivity contribution >= 4 is 11.8 Å². The number of carbonyl (C=O) groups is 2. The maximum Gasteiger partial charge on any atom is 0.242 e. The van der Waals surface area contributed by atoms with Gasteiger partial charge in [0.25, 0.3) is 0 Å². The Balaban J connectivity index is 2.58. The van der Waals surface area contributed by atoms with E-state index in [4.69, 9.17) is 5.73 Å². The Bertz CT molecular complexity index is 318. The summed E-state index contributed by atoms with van der Waals surface area (Å²) in [7, 11) is 1.62. The monoisotopic (exact) mass is 269 g/mol. The highest BCUT2D eigenvalue weighted by molar-refractivity contribution is 5.88. The fourth-order valence-corrected chi connectivity index (χ4v) is 2.80. The number of nitrogens with two attached hydrogens (primary N) is 1. The molecule has 0 aromatic carbocycles. The predicted octanol–water partition coefficient (Wildman–Crippen LogP) is 0.734. The predicted molar refractivity (Wildman–Crippen MR) is 75.4 cm³/mol. The van der Waals surface area contributed by atoms with Gasteiger partial charge in [0.2, 0.25) is 11.8 Å². The Morgan fingerprint density at radius 3 is 2.63 bits per heavy atom. The second-order valence-electron chi connectivity index (χ2n) is 5.79. The Labute approximate surface area is 115 Å². The van der Waals surface area contributed by atoms with Crippen LogP contribution in [0.1, 0.15) is 39.5 Å². The van der Waals surface area contributed by atoms with Gasteiger partial charge in [-0.2, -0.15) is 0 Å². The highest BCUT2D eigenvalue weighted by Gasteiger charge is 2.33. The lowest BCUT2D eigenvalue weighted by atomic mass is 9.93. The molecule has 0 aromatic rings. The fourth-order valence-electron chi connectivity index (χ4n) is 2.80. The van der Waals surface area contributed by atoms with E-state index < -0.39 is 0 Å². The van der Waals surface area contributed by atoms with Crippen molar-refractivity contribution in [3.63, 3.8) is 0 Å². The third-order valence-electron chi connectivity index (χ3n) is 3.72. The Morgan fingerprint density at radius 1 is 1.42 bits per heavy atom. The normalized spacial score (nSPS) is 20.7. The van der Waals surface area contributed by atoms with Gasteiger partial charge < -0.3 is 16.0 Å². The molecule has 110 valence electrons. The molecule has 5 heteroatoms. The molecule has 19 heavy (non-hydrogen) atoms. The van der Waals surface area contributed by atoms with Crippen molar-refractivity contribution in [2.75, 3.05) is 20.1 Å². The van der Waals surface area contributed by atoms with Crippen LogP contribution in [0.5, 0.6) is 0 Å². The summed E-state index contributed by atoms with van der Waals surface area (Å²) in [5.74, 6) is 0.773. The molecule has 2 unspecified atom stereocenters. The van der Waals surface area contributed by atoms with Gasteiger partial charge in [0.15, 0.2) is 0 Å². The molecule has 1 rings (SSSR count). The van der Waals surface area contributed by atoms with Gasteiger partial charge in [0, 0.05) is 20.0 Å². The summed E-state index contributed by atoms with van der Waals surface area (Å²) in [6.07, 6.45) is 3.09. The van der Waals surface area contributed by atoms with Gasteiger partial charge in [-0.25, -0.2) is 0 Å². The van der Waals surface area contributed by atoms with Gasteiger partial charge in [-0.05, 0) is 37.6 Å². The van der Waals surface area contributed by atoms with E-state index in [0.717, 1.165) is 19.3 Å². The van der Waals surface area contributed by atoms with E-state index >= 15 is 0 Å². The Kier molecular flexibility index (Phi) is 6.28. The van der Waals surface area contributed by atoms with Crippen LogP contribution in [0.3, 0.4) is 0 Å². The number of nitrogens with zero attached hydrogens (tertiary/aromatic N) is 1. The molecule has 0 saturated carbocycles. The van der Waals surface area contributed by atoms with Crippen LogP contribution in [0.2, 0.25) is 0 Å². The van der Waals surface area contributed by atoms with Crippen molar-refractivity contribution in [1.82, 2.24) is 10.2 Å². The summed E-state index contributed by atoms with van der Waals surface area (Å²) >= 11 is 0. The van der Waals surface area contributed by atoms with E-state index in [1.165, 1.54) is 0 Å². The van der Waals surface area contributed by atoms with Crippen LogP contribution in [0.25, 0.3) is 0 Å². The summed E-state index contributed by atoms with van der Waals surface area (Å²) in [5, 5.41) is 2.63. The Morgan fingerprint density at radius 2 is 2.11 bits per heavy atom. The summed E-state index contributed by atoms with van der Waals surface area (Å²) in [6.45, 7) is 5.49. The van der Waals surface area contributed by atoms with Crippen molar-refractivity contribution in [3.8, 4) is 0 Å². The number of rotatable bonds is 6. The van der Waals surface area contributed by atoms with Gasteiger partial charge in [-0.3, -0.25) is 9.59 Å². The molecule has 0 spiro atoms. The Hall–Kier alpha value is -1.10. The molecule has 5 nitrogen and oxygen atoms in total. The summed E-state index contributed by atoms with van der Waals surface area (Å²) < 4.78 is 0. The minimum Gasteiger partial charge on any atom is -0.357 e. The lowest BCUT2D eigenvalue weighted by Crippen LogP contribution is -2.45. The second kappa shape index (κ2) is 7.48. The van der Waals surface area contributed by atoms with Gasteiger partial charge in [-0.1, -0.05) is 13.8 Å². The third kappa shape index (κ3) is 4.49. The van der Waals surface area contributed by atoms with Crippen LogP contribution in [0.15, 0.2) is 0 Å². The first-order chi connectivity index (χ1) is 8.99. The molecule has 1 heterocycles. The van der Waals surface area contributed by atoms with E-state index in [-0.39, 0.29) is 23.8 Å². The molecule has 3 N–H and O–H groups in total. The van der Waals surface area contributed by atoms with Crippen molar-refractivity contribution in [2.24, 2.45) is 17.6 Å². The van der Waals surface area contributed by atoms with E-state index in [9.17, 15) is 9.59 Å². The SMILES string of the molecule is CNC(=O)C1CCCN1C(=O)CC(CN)CC(C)C. The average molecular weight is 269 g/mol. The van der Waals surface area contributed by atoms with Crippen LogP contribution in [-0.4, -0.2) is 42.9 Å². The smallest absolute Gasteiger partial charge is 0.242 e. The van der Waals surface area contributed by atoms with Crippen LogP contribution in [0.4, 0.5) is 0 Å². The van der Waals surface area contributed by atoms with E-state index in [2.05, 4.69) is 19.2 Å². The zero-order valence-corrected chi connectivity index (χ0v) is 12.3. The number of hydrogen-bond donors (Lipinski definition) is 2. The van der Waals surface area contributed by atoms with Crippen molar-refractivity contribution in [3.05, 3.63) is 0 Å². The average Bonchev–Trinajstić information content (AvgIpc) is 2.85. The molecule has 1 saturated heterocycles. The van der Waals surface area contributed by atoms with Gasteiger partial charge in [0.05, 0.1) is 0 Å². The maximum absolute atomic E-state index is 12.3. The molecule has 0 bridgehead atoms. The molecule has 0 aliphatic carbocycles. The molecule has 0 radical (unpaired) electrons. The van der Waals surface area contributed by atoms with Crippen LogP contribution >= 0.6 is 0 Å². The molecule has 1 fully saturated rings.